The van der Waals surface area contributed by atoms with Crippen LogP contribution in [-0.4, -0.2) is 19.2 Å². The van der Waals surface area contributed by atoms with Crippen LogP contribution >= 0.6 is 0 Å². The van der Waals surface area contributed by atoms with Gasteiger partial charge in [0, 0.05) is 6.04 Å². The van der Waals surface area contributed by atoms with Crippen LogP contribution in [0.3, 0.4) is 0 Å². The van der Waals surface area contributed by atoms with E-state index in [9.17, 15) is 0 Å². The van der Waals surface area contributed by atoms with Crippen molar-refractivity contribution in [1.29, 1.82) is 0 Å². The summed E-state index contributed by atoms with van der Waals surface area (Å²) >= 11 is 0. The van der Waals surface area contributed by atoms with Crippen molar-refractivity contribution in [3.05, 3.63) is 23.8 Å². The number of nitrogens with one attached hydrogen (secondary N) is 1. The van der Waals surface area contributed by atoms with Crippen molar-refractivity contribution in [3.63, 3.8) is 0 Å². The molecule has 1 fully saturated rings. The van der Waals surface area contributed by atoms with Crippen molar-refractivity contribution in [2.75, 3.05) is 18.9 Å². The molecule has 0 aromatic heterocycles. The second kappa shape index (κ2) is 8.93. The summed E-state index contributed by atoms with van der Waals surface area (Å²) in [7, 11) is 0. The van der Waals surface area contributed by atoms with Crippen LogP contribution in [0.15, 0.2) is 18.2 Å². The summed E-state index contributed by atoms with van der Waals surface area (Å²) in [5.74, 6) is 0.804. The highest BCUT2D eigenvalue weighted by atomic mass is 16.5. The first-order chi connectivity index (χ1) is 10.3. The number of nitrogens with two attached hydrogens (primary N) is 1. The molecule has 21 heavy (non-hydrogen) atoms. The number of benzene rings is 1. The first-order valence-corrected chi connectivity index (χ1v) is 8.54. The van der Waals surface area contributed by atoms with Crippen LogP contribution in [0, 0.1) is 0 Å². The zero-order valence-electron chi connectivity index (χ0n) is 13.4. The van der Waals surface area contributed by atoms with Crippen molar-refractivity contribution >= 4 is 5.69 Å². The molecule has 1 aliphatic rings. The molecule has 0 bridgehead atoms. The van der Waals surface area contributed by atoms with E-state index < -0.39 is 0 Å². The Morgan fingerprint density at radius 2 is 1.95 bits per heavy atom. The molecule has 0 heterocycles. The molecule has 1 aliphatic carbocycles. The van der Waals surface area contributed by atoms with E-state index in [1.165, 1.54) is 50.5 Å². The van der Waals surface area contributed by atoms with Crippen molar-refractivity contribution in [3.8, 4) is 5.75 Å². The number of rotatable bonds is 7. The summed E-state index contributed by atoms with van der Waals surface area (Å²) in [6.45, 7) is 3.75. The Hall–Kier alpha value is -1.22. The highest BCUT2D eigenvalue weighted by molar-refractivity contribution is 5.54. The van der Waals surface area contributed by atoms with Gasteiger partial charge in [-0.1, -0.05) is 31.7 Å². The van der Waals surface area contributed by atoms with Crippen molar-refractivity contribution in [2.24, 2.45) is 0 Å². The fraction of sp³-hybridized carbons (Fsp3) is 0.667. The summed E-state index contributed by atoms with van der Waals surface area (Å²) in [5, 5.41) is 3.72. The molecule has 1 aromatic rings. The molecule has 0 spiro atoms. The Labute approximate surface area is 129 Å². The summed E-state index contributed by atoms with van der Waals surface area (Å²) in [5.41, 5.74) is 8.07. The van der Waals surface area contributed by atoms with E-state index in [4.69, 9.17) is 10.5 Å². The number of nitrogen functional groups attached to an aromatic ring is 1. The number of aryl methyl sites for hydroxylation is 1. The largest absolute Gasteiger partial charge is 0.492 e. The lowest BCUT2D eigenvalue weighted by atomic mass is 10.1. The van der Waals surface area contributed by atoms with Gasteiger partial charge in [-0.05, 0) is 56.8 Å². The third-order valence-electron chi connectivity index (χ3n) is 4.30. The molecule has 3 N–H and O–H groups in total. The molecule has 3 heteroatoms. The van der Waals surface area contributed by atoms with E-state index in [-0.39, 0.29) is 0 Å². The average molecular weight is 290 g/mol. The number of anilines is 1. The Balaban J connectivity index is 1.69. The van der Waals surface area contributed by atoms with E-state index in [0.717, 1.165) is 30.4 Å². The van der Waals surface area contributed by atoms with E-state index in [2.05, 4.69) is 17.4 Å². The normalized spacial score (nSPS) is 16.6. The van der Waals surface area contributed by atoms with Gasteiger partial charge in [0.2, 0.25) is 0 Å². The monoisotopic (exact) mass is 290 g/mol. The van der Waals surface area contributed by atoms with Crippen molar-refractivity contribution in [1.82, 2.24) is 5.32 Å². The number of ether oxygens (including phenoxy) is 1. The van der Waals surface area contributed by atoms with Gasteiger partial charge >= 0.3 is 0 Å². The lowest BCUT2D eigenvalue weighted by Gasteiger charge is -2.16. The molecule has 0 amide bonds. The molecule has 118 valence electrons. The Bertz CT molecular complexity index is 412. The second-order valence-corrected chi connectivity index (χ2v) is 6.05. The van der Waals surface area contributed by atoms with Gasteiger partial charge in [0.25, 0.3) is 0 Å². The predicted molar refractivity (Wildman–Crippen MR) is 89.8 cm³/mol. The van der Waals surface area contributed by atoms with Gasteiger partial charge in [0.05, 0.1) is 12.3 Å². The predicted octanol–water partition coefficient (Wildman–Crippen LogP) is 3.91. The zero-order chi connectivity index (χ0) is 14.9. The van der Waals surface area contributed by atoms with Gasteiger partial charge < -0.3 is 15.8 Å². The first kappa shape index (κ1) is 16.2. The van der Waals surface area contributed by atoms with E-state index in [1.807, 2.05) is 13.0 Å². The average Bonchev–Trinajstić information content (AvgIpc) is 2.75. The first-order valence-electron chi connectivity index (χ1n) is 8.54. The van der Waals surface area contributed by atoms with Crippen LogP contribution in [0.25, 0.3) is 0 Å². The highest BCUT2D eigenvalue weighted by Crippen LogP contribution is 2.23. The fourth-order valence-corrected chi connectivity index (χ4v) is 3.12. The zero-order valence-corrected chi connectivity index (χ0v) is 13.4. The molecule has 2 rings (SSSR count). The lowest BCUT2D eigenvalue weighted by molar-refractivity contribution is 0.342. The van der Waals surface area contributed by atoms with Gasteiger partial charge in [-0.15, -0.1) is 0 Å². The molecule has 0 radical (unpaired) electrons. The summed E-state index contributed by atoms with van der Waals surface area (Å²) < 4.78 is 5.47. The Morgan fingerprint density at radius 3 is 2.62 bits per heavy atom. The molecular formula is C18H30N2O. The van der Waals surface area contributed by atoms with Crippen molar-refractivity contribution < 1.29 is 4.74 Å². The molecule has 1 aromatic carbocycles. The summed E-state index contributed by atoms with van der Waals surface area (Å²) in [4.78, 5) is 0. The minimum Gasteiger partial charge on any atom is -0.492 e. The van der Waals surface area contributed by atoms with Gasteiger partial charge in [-0.3, -0.25) is 0 Å². The fourth-order valence-electron chi connectivity index (χ4n) is 3.12. The van der Waals surface area contributed by atoms with Gasteiger partial charge in [-0.2, -0.15) is 0 Å². The molecular weight excluding hydrogens is 260 g/mol. The van der Waals surface area contributed by atoms with Crippen LogP contribution in [0.1, 0.15) is 57.4 Å². The lowest BCUT2D eigenvalue weighted by Crippen LogP contribution is -2.29. The molecule has 0 aliphatic heterocycles. The van der Waals surface area contributed by atoms with Crippen LogP contribution < -0.4 is 15.8 Å². The van der Waals surface area contributed by atoms with Gasteiger partial charge in [0.1, 0.15) is 5.75 Å². The van der Waals surface area contributed by atoms with E-state index in [0.29, 0.717) is 6.61 Å². The maximum absolute atomic E-state index is 6.01. The Kier molecular flexibility index (Phi) is 6.87. The molecule has 0 unspecified atom stereocenters. The van der Waals surface area contributed by atoms with E-state index >= 15 is 0 Å². The SMILES string of the molecule is CCOc1ccc(CCCNC2CCCCCC2)cc1N. The summed E-state index contributed by atoms with van der Waals surface area (Å²) in [6.07, 6.45) is 10.6. The third kappa shape index (κ3) is 5.58. The molecule has 0 atom stereocenters. The van der Waals surface area contributed by atoms with Crippen LogP contribution in [0.4, 0.5) is 5.69 Å². The van der Waals surface area contributed by atoms with Crippen molar-refractivity contribution in [2.45, 2.75) is 64.3 Å². The van der Waals surface area contributed by atoms with Crippen LogP contribution in [-0.2, 0) is 6.42 Å². The second-order valence-electron chi connectivity index (χ2n) is 6.05. The minimum atomic E-state index is 0.662. The Morgan fingerprint density at radius 1 is 1.19 bits per heavy atom. The van der Waals surface area contributed by atoms with Gasteiger partial charge in [-0.25, -0.2) is 0 Å². The maximum atomic E-state index is 6.01. The van der Waals surface area contributed by atoms with Crippen LogP contribution in [0.5, 0.6) is 5.75 Å². The maximum Gasteiger partial charge on any atom is 0.142 e. The quantitative estimate of drug-likeness (QED) is 0.454. The minimum absolute atomic E-state index is 0.662. The standard InChI is InChI=1S/C18H30N2O/c1-2-21-18-12-11-15(14-17(18)19)8-7-13-20-16-9-5-3-4-6-10-16/h11-12,14,16,20H,2-10,13,19H2,1H3. The number of hydrogen-bond donors (Lipinski definition) is 2. The smallest absolute Gasteiger partial charge is 0.142 e. The third-order valence-corrected chi connectivity index (χ3v) is 4.30. The van der Waals surface area contributed by atoms with Gasteiger partial charge in [0.15, 0.2) is 0 Å². The topological polar surface area (TPSA) is 47.3 Å². The molecule has 1 saturated carbocycles. The van der Waals surface area contributed by atoms with E-state index in [1.54, 1.807) is 0 Å². The molecule has 3 nitrogen and oxygen atoms in total. The van der Waals surface area contributed by atoms with Crippen LogP contribution in [0.2, 0.25) is 0 Å². The highest BCUT2D eigenvalue weighted by Gasteiger charge is 2.10. The number of hydrogen-bond acceptors (Lipinski definition) is 3. The summed E-state index contributed by atoms with van der Waals surface area (Å²) in [6, 6.07) is 6.93. The molecule has 0 saturated heterocycles.